The molecule has 0 heterocycles. The number of ether oxygens (including phenoxy) is 1. The molecule has 4 nitrogen and oxygen atoms in total. The maximum atomic E-state index is 11.7. The summed E-state index contributed by atoms with van der Waals surface area (Å²) in [5, 5.41) is 3.95. The van der Waals surface area contributed by atoms with Crippen molar-refractivity contribution in [3.63, 3.8) is 0 Å². The Kier molecular flexibility index (Phi) is 5.31. The highest BCUT2D eigenvalue weighted by molar-refractivity contribution is 5.84. The lowest BCUT2D eigenvalue weighted by Crippen LogP contribution is -2.24. The molecule has 1 N–H and O–H groups in total. The lowest BCUT2D eigenvalue weighted by atomic mass is 10.1. The minimum Gasteiger partial charge on any atom is -0.484 e. The number of carbonyl (C=O) groups excluding carboxylic acids is 1. The van der Waals surface area contributed by atoms with Crippen LogP contribution in [0.2, 0.25) is 0 Å². The normalized spacial score (nSPS) is 10.7. The molecule has 22 heavy (non-hydrogen) atoms. The van der Waals surface area contributed by atoms with Crippen LogP contribution < -0.4 is 10.2 Å². The molecule has 0 atom stereocenters. The van der Waals surface area contributed by atoms with Crippen LogP contribution in [-0.2, 0) is 4.79 Å². The van der Waals surface area contributed by atoms with E-state index in [0.717, 1.165) is 22.3 Å². The summed E-state index contributed by atoms with van der Waals surface area (Å²) in [6.45, 7) is 5.92. The molecule has 0 aliphatic rings. The summed E-state index contributed by atoms with van der Waals surface area (Å²) in [5.74, 6) is 0.402. The first kappa shape index (κ1) is 15.8. The molecule has 0 bridgehead atoms. The van der Waals surface area contributed by atoms with E-state index in [2.05, 4.69) is 16.6 Å². The maximum Gasteiger partial charge on any atom is 0.277 e. The Morgan fingerprint density at radius 2 is 1.82 bits per heavy atom. The van der Waals surface area contributed by atoms with E-state index in [0.29, 0.717) is 5.75 Å². The molecule has 0 saturated carbocycles. The van der Waals surface area contributed by atoms with Gasteiger partial charge in [0.25, 0.3) is 5.91 Å². The highest BCUT2D eigenvalue weighted by Gasteiger charge is 2.02. The molecular weight excluding hydrogens is 276 g/mol. The van der Waals surface area contributed by atoms with Gasteiger partial charge in [-0.25, -0.2) is 5.43 Å². The molecular formula is C18H20N2O2. The quantitative estimate of drug-likeness (QED) is 0.680. The molecule has 0 saturated heterocycles. The Bertz CT molecular complexity index is 673. The highest BCUT2D eigenvalue weighted by atomic mass is 16.5. The second kappa shape index (κ2) is 7.41. The van der Waals surface area contributed by atoms with Crippen molar-refractivity contribution >= 4 is 12.1 Å². The van der Waals surface area contributed by atoms with E-state index in [4.69, 9.17) is 4.74 Å². The molecule has 2 aromatic rings. The van der Waals surface area contributed by atoms with E-state index in [-0.39, 0.29) is 12.5 Å². The number of nitrogens with zero attached hydrogens (tertiary/aromatic N) is 1. The summed E-state index contributed by atoms with van der Waals surface area (Å²) >= 11 is 0. The molecule has 0 aliphatic heterocycles. The number of aryl methyl sites for hydroxylation is 3. The molecule has 0 aromatic heterocycles. The molecule has 0 spiro atoms. The summed E-state index contributed by atoms with van der Waals surface area (Å²) in [6.07, 6.45) is 1.63. The van der Waals surface area contributed by atoms with E-state index in [1.54, 1.807) is 6.21 Å². The van der Waals surface area contributed by atoms with Crippen molar-refractivity contribution in [3.05, 3.63) is 64.7 Å². The minimum atomic E-state index is -0.288. The zero-order valence-corrected chi connectivity index (χ0v) is 13.1. The lowest BCUT2D eigenvalue weighted by molar-refractivity contribution is -0.123. The predicted molar refractivity (Wildman–Crippen MR) is 88.3 cm³/mol. The Labute approximate surface area is 130 Å². The smallest absolute Gasteiger partial charge is 0.277 e. The summed E-state index contributed by atoms with van der Waals surface area (Å²) in [5.41, 5.74) is 6.75. The van der Waals surface area contributed by atoms with Crippen molar-refractivity contribution in [1.82, 2.24) is 5.43 Å². The minimum absolute atomic E-state index is 0.0615. The second-order valence-electron chi connectivity index (χ2n) is 5.26. The van der Waals surface area contributed by atoms with E-state index in [1.165, 1.54) is 0 Å². The summed E-state index contributed by atoms with van der Waals surface area (Å²) < 4.78 is 5.47. The largest absolute Gasteiger partial charge is 0.484 e. The average Bonchev–Trinajstić information content (AvgIpc) is 2.46. The molecule has 2 rings (SSSR count). The molecule has 0 fully saturated rings. The van der Waals surface area contributed by atoms with Crippen LogP contribution in [0, 0.1) is 20.8 Å². The van der Waals surface area contributed by atoms with Crippen LogP contribution in [0.15, 0.2) is 47.6 Å². The molecule has 1 amide bonds. The third-order valence-electron chi connectivity index (χ3n) is 3.15. The monoisotopic (exact) mass is 296 g/mol. The van der Waals surface area contributed by atoms with Crippen LogP contribution in [0.4, 0.5) is 0 Å². The van der Waals surface area contributed by atoms with E-state index < -0.39 is 0 Å². The molecule has 0 aliphatic carbocycles. The van der Waals surface area contributed by atoms with Crippen molar-refractivity contribution < 1.29 is 9.53 Å². The van der Waals surface area contributed by atoms with Gasteiger partial charge in [0.1, 0.15) is 5.75 Å². The van der Waals surface area contributed by atoms with Crippen molar-refractivity contribution in [1.29, 1.82) is 0 Å². The van der Waals surface area contributed by atoms with Gasteiger partial charge in [-0.2, -0.15) is 5.10 Å². The first-order chi connectivity index (χ1) is 10.5. The number of hydrogen-bond acceptors (Lipinski definition) is 3. The van der Waals surface area contributed by atoms with Crippen LogP contribution in [-0.4, -0.2) is 18.7 Å². The fourth-order valence-corrected chi connectivity index (χ4v) is 2.10. The van der Waals surface area contributed by atoms with Gasteiger partial charge in [-0.3, -0.25) is 4.79 Å². The summed E-state index contributed by atoms with van der Waals surface area (Å²) in [6, 6.07) is 13.7. The van der Waals surface area contributed by atoms with Crippen LogP contribution in [0.1, 0.15) is 22.3 Å². The van der Waals surface area contributed by atoms with Gasteiger partial charge in [0.05, 0.1) is 6.21 Å². The van der Waals surface area contributed by atoms with Gasteiger partial charge in [-0.1, -0.05) is 30.3 Å². The number of carbonyl (C=O) groups is 1. The number of amides is 1. The molecule has 0 radical (unpaired) electrons. The number of hydrazone groups is 1. The first-order valence-electron chi connectivity index (χ1n) is 7.13. The first-order valence-corrected chi connectivity index (χ1v) is 7.13. The van der Waals surface area contributed by atoms with Gasteiger partial charge in [0.2, 0.25) is 0 Å². The number of nitrogens with one attached hydrogen (secondary N) is 1. The fraction of sp³-hybridized carbons (Fsp3) is 0.222. The molecule has 4 heteroatoms. The van der Waals surface area contributed by atoms with Gasteiger partial charge in [0, 0.05) is 0 Å². The predicted octanol–water partition coefficient (Wildman–Crippen LogP) is 3.14. The zero-order chi connectivity index (χ0) is 15.9. The van der Waals surface area contributed by atoms with Crippen LogP contribution in [0.5, 0.6) is 5.75 Å². The Morgan fingerprint density at radius 1 is 1.14 bits per heavy atom. The third kappa shape index (κ3) is 4.74. The van der Waals surface area contributed by atoms with Gasteiger partial charge in [-0.15, -0.1) is 0 Å². The molecule has 0 unspecified atom stereocenters. The van der Waals surface area contributed by atoms with Crippen LogP contribution in [0.25, 0.3) is 0 Å². The number of rotatable bonds is 5. The van der Waals surface area contributed by atoms with Gasteiger partial charge in [-0.05, 0) is 55.2 Å². The topological polar surface area (TPSA) is 50.7 Å². The Morgan fingerprint density at radius 3 is 2.50 bits per heavy atom. The third-order valence-corrected chi connectivity index (χ3v) is 3.15. The second-order valence-corrected chi connectivity index (χ2v) is 5.26. The fourth-order valence-electron chi connectivity index (χ4n) is 2.10. The van der Waals surface area contributed by atoms with Gasteiger partial charge in [0.15, 0.2) is 6.61 Å². The average molecular weight is 296 g/mol. The van der Waals surface area contributed by atoms with E-state index >= 15 is 0 Å². The van der Waals surface area contributed by atoms with Crippen molar-refractivity contribution in [3.8, 4) is 5.75 Å². The standard InChI is InChI=1S/C18H20N2O2/c1-13-8-14(2)10-17(9-13)22-12-18(21)20-19-11-16-7-5-4-6-15(16)3/h4-11H,12H2,1-3H3,(H,20,21)/b19-11-. The highest BCUT2D eigenvalue weighted by Crippen LogP contribution is 2.15. The number of benzene rings is 2. The summed E-state index contributed by atoms with van der Waals surface area (Å²) in [4.78, 5) is 11.7. The van der Waals surface area contributed by atoms with E-state index in [1.807, 2.05) is 57.2 Å². The van der Waals surface area contributed by atoms with Crippen molar-refractivity contribution in [2.75, 3.05) is 6.61 Å². The zero-order valence-electron chi connectivity index (χ0n) is 13.1. The van der Waals surface area contributed by atoms with Crippen LogP contribution >= 0.6 is 0 Å². The van der Waals surface area contributed by atoms with E-state index in [9.17, 15) is 4.79 Å². The van der Waals surface area contributed by atoms with Gasteiger partial charge < -0.3 is 4.74 Å². The summed E-state index contributed by atoms with van der Waals surface area (Å²) in [7, 11) is 0. The number of hydrogen-bond donors (Lipinski definition) is 1. The maximum absolute atomic E-state index is 11.7. The Hall–Kier alpha value is -2.62. The SMILES string of the molecule is Cc1cc(C)cc(OCC(=O)N/N=C\c2ccccc2C)c1. The Balaban J connectivity index is 1.84. The molecule has 114 valence electrons. The molecule has 2 aromatic carbocycles. The lowest BCUT2D eigenvalue weighted by Gasteiger charge is -2.07. The van der Waals surface area contributed by atoms with Gasteiger partial charge >= 0.3 is 0 Å². The van der Waals surface area contributed by atoms with Crippen molar-refractivity contribution in [2.45, 2.75) is 20.8 Å². The van der Waals surface area contributed by atoms with Crippen LogP contribution in [0.3, 0.4) is 0 Å². The van der Waals surface area contributed by atoms with Crippen molar-refractivity contribution in [2.24, 2.45) is 5.10 Å².